The first kappa shape index (κ1) is 16.4. The second-order valence-corrected chi connectivity index (χ2v) is 7.34. The molecule has 7 nitrogen and oxygen atoms in total. The van der Waals surface area contributed by atoms with Crippen molar-refractivity contribution in [3.05, 3.63) is 54.1 Å². The molecule has 0 aliphatic rings. The molecule has 3 heterocycles. The van der Waals surface area contributed by atoms with Crippen molar-refractivity contribution in [1.29, 1.82) is 0 Å². The lowest BCUT2D eigenvalue weighted by Gasteiger charge is -2.19. The van der Waals surface area contributed by atoms with Crippen LogP contribution >= 0.6 is 0 Å². The first-order valence-electron chi connectivity index (χ1n) is 8.65. The molecule has 0 bridgehead atoms. The van der Waals surface area contributed by atoms with Gasteiger partial charge in [0, 0.05) is 18.0 Å². The Hall–Kier alpha value is -3.09. The van der Waals surface area contributed by atoms with Crippen molar-refractivity contribution >= 4 is 11.2 Å². The Balaban J connectivity index is 1.75. The standard InChI is InChI=1S/C19H21N7/c1-19(2,3)14-6-4-13(5-7-14)16-15(8-11-26-23-12-22-25-26)17-18(24-16)21-10-9-20-17/h4-7,9-10,12H,8,11H2,1-3H3,(H,21,24). The molecule has 0 aliphatic heterocycles. The van der Waals surface area contributed by atoms with Crippen molar-refractivity contribution in [2.24, 2.45) is 0 Å². The molecule has 4 rings (SSSR count). The van der Waals surface area contributed by atoms with Crippen LogP contribution in [0, 0.1) is 0 Å². The zero-order valence-electron chi connectivity index (χ0n) is 15.1. The predicted octanol–water partition coefficient (Wildman–Crippen LogP) is 3.15. The number of tetrazole rings is 1. The summed E-state index contributed by atoms with van der Waals surface area (Å²) in [6.45, 7) is 7.29. The Morgan fingerprint density at radius 3 is 2.50 bits per heavy atom. The number of nitrogens with zero attached hydrogens (tertiary/aromatic N) is 6. The van der Waals surface area contributed by atoms with Crippen LogP contribution in [0.2, 0.25) is 0 Å². The molecule has 0 saturated carbocycles. The Kier molecular flexibility index (Phi) is 3.99. The van der Waals surface area contributed by atoms with E-state index in [0.29, 0.717) is 6.54 Å². The number of benzene rings is 1. The average molecular weight is 347 g/mol. The third-order valence-electron chi connectivity index (χ3n) is 4.52. The summed E-state index contributed by atoms with van der Waals surface area (Å²) in [7, 11) is 0. The molecule has 7 heteroatoms. The van der Waals surface area contributed by atoms with Gasteiger partial charge in [0.25, 0.3) is 0 Å². The van der Waals surface area contributed by atoms with E-state index in [-0.39, 0.29) is 5.41 Å². The maximum Gasteiger partial charge on any atom is 0.162 e. The summed E-state index contributed by atoms with van der Waals surface area (Å²) in [4.78, 5) is 14.0. The third kappa shape index (κ3) is 3.08. The number of aryl methyl sites for hydroxylation is 2. The molecule has 0 fully saturated rings. The normalized spacial score (nSPS) is 12.0. The van der Waals surface area contributed by atoms with Gasteiger partial charge in [0.05, 0.1) is 12.2 Å². The molecule has 0 aliphatic carbocycles. The molecule has 0 radical (unpaired) electrons. The van der Waals surface area contributed by atoms with Crippen molar-refractivity contribution in [2.75, 3.05) is 0 Å². The van der Waals surface area contributed by atoms with Gasteiger partial charge in [0.1, 0.15) is 5.52 Å². The summed E-state index contributed by atoms with van der Waals surface area (Å²) in [6, 6.07) is 8.68. The minimum atomic E-state index is 0.129. The molecule has 4 aromatic rings. The summed E-state index contributed by atoms with van der Waals surface area (Å²) < 4.78 is 0. The summed E-state index contributed by atoms with van der Waals surface area (Å²) in [5.41, 5.74) is 6.41. The van der Waals surface area contributed by atoms with Gasteiger partial charge in [-0.05, 0) is 28.2 Å². The molecule has 3 aromatic heterocycles. The van der Waals surface area contributed by atoms with Crippen molar-refractivity contribution in [3.63, 3.8) is 0 Å². The molecular formula is C19H21N7. The minimum absolute atomic E-state index is 0.129. The highest BCUT2D eigenvalue weighted by molar-refractivity contribution is 5.85. The number of aromatic nitrogens is 7. The molecule has 0 saturated heterocycles. The van der Waals surface area contributed by atoms with Crippen LogP contribution in [-0.2, 0) is 18.4 Å². The third-order valence-corrected chi connectivity index (χ3v) is 4.52. The van der Waals surface area contributed by atoms with E-state index in [1.54, 1.807) is 17.2 Å². The van der Waals surface area contributed by atoms with E-state index in [9.17, 15) is 0 Å². The fourth-order valence-corrected chi connectivity index (χ4v) is 3.09. The molecule has 26 heavy (non-hydrogen) atoms. The molecule has 1 aromatic carbocycles. The number of rotatable bonds is 4. The molecular weight excluding hydrogens is 326 g/mol. The summed E-state index contributed by atoms with van der Waals surface area (Å²) >= 11 is 0. The largest absolute Gasteiger partial charge is 0.338 e. The Morgan fingerprint density at radius 2 is 1.81 bits per heavy atom. The van der Waals surface area contributed by atoms with Crippen LogP contribution in [0.25, 0.3) is 22.4 Å². The Morgan fingerprint density at radius 1 is 1.04 bits per heavy atom. The van der Waals surface area contributed by atoms with Gasteiger partial charge in [-0.1, -0.05) is 45.0 Å². The van der Waals surface area contributed by atoms with E-state index in [0.717, 1.165) is 34.4 Å². The minimum Gasteiger partial charge on any atom is -0.338 e. The molecule has 0 atom stereocenters. The summed E-state index contributed by atoms with van der Waals surface area (Å²) in [5, 5.41) is 11.8. The smallest absolute Gasteiger partial charge is 0.162 e. The van der Waals surface area contributed by atoms with E-state index >= 15 is 0 Å². The van der Waals surface area contributed by atoms with E-state index in [2.05, 4.69) is 75.4 Å². The van der Waals surface area contributed by atoms with Crippen LogP contribution in [-0.4, -0.2) is 35.2 Å². The second-order valence-electron chi connectivity index (χ2n) is 7.34. The van der Waals surface area contributed by atoms with Crippen molar-refractivity contribution in [3.8, 4) is 11.3 Å². The van der Waals surface area contributed by atoms with Gasteiger partial charge in [-0.2, -0.15) is 4.80 Å². The summed E-state index contributed by atoms with van der Waals surface area (Å²) in [5.74, 6) is 0. The number of hydrogen-bond donors (Lipinski definition) is 1. The van der Waals surface area contributed by atoms with E-state index in [1.807, 2.05) is 0 Å². The predicted molar refractivity (Wildman–Crippen MR) is 99.5 cm³/mol. The van der Waals surface area contributed by atoms with Crippen LogP contribution in [0.3, 0.4) is 0 Å². The van der Waals surface area contributed by atoms with Gasteiger partial charge in [-0.15, -0.1) is 10.2 Å². The lowest BCUT2D eigenvalue weighted by Crippen LogP contribution is -2.10. The fourth-order valence-electron chi connectivity index (χ4n) is 3.09. The van der Waals surface area contributed by atoms with E-state index in [1.165, 1.54) is 11.9 Å². The number of H-pyrrole nitrogens is 1. The molecule has 0 unspecified atom stereocenters. The monoisotopic (exact) mass is 347 g/mol. The zero-order chi connectivity index (χ0) is 18.1. The maximum atomic E-state index is 4.52. The highest BCUT2D eigenvalue weighted by atomic mass is 15.6. The Labute approximate surface area is 151 Å². The number of fused-ring (bicyclic) bond motifs is 1. The van der Waals surface area contributed by atoms with Crippen LogP contribution in [0.15, 0.2) is 43.0 Å². The number of aromatic amines is 1. The number of nitrogens with one attached hydrogen (secondary N) is 1. The van der Waals surface area contributed by atoms with Gasteiger partial charge in [0.2, 0.25) is 0 Å². The molecule has 1 N–H and O–H groups in total. The maximum absolute atomic E-state index is 4.52. The van der Waals surface area contributed by atoms with Gasteiger partial charge < -0.3 is 4.98 Å². The average Bonchev–Trinajstić information content (AvgIpc) is 3.27. The highest BCUT2D eigenvalue weighted by Crippen LogP contribution is 2.31. The van der Waals surface area contributed by atoms with Gasteiger partial charge in [-0.25, -0.2) is 4.98 Å². The topological polar surface area (TPSA) is 85.2 Å². The van der Waals surface area contributed by atoms with Crippen LogP contribution < -0.4 is 0 Å². The summed E-state index contributed by atoms with van der Waals surface area (Å²) in [6.07, 6.45) is 5.61. The lowest BCUT2D eigenvalue weighted by molar-refractivity contribution is 0.523. The van der Waals surface area contributed by atoms with E-state index in [4.69, 9.17) is 0 Å². The van der Waals surface area contributed by atoms with Crippen molar-refractivity contribution < 1.29 is 0 Å². The zero-order valence-corrected chi connectivity index (χ0v) is 15.1. The van der Waals surface area contributed by atoms with Crippen LogP contribution in [0.4, 0.5) is 0 Å². The quantitative estimate of drug-likeness (QED) is 0.613. The van der Waals surface area contributed by atoms with Crippen LogP contribution in [0.1, 0.15) is 31.9 Å². The first-order chi connectivity index (χ1) is 12.5. The van der Waals surface area contributed by atoms with Crippen molar-refractivity contribution in [2.45, 2.75) is 39.2 Å². The molecule has 0 spiro atoms. The van der Waals surface area contributed by atoms with E-state index < -0.39 is 0 Å². The van der Waals surface area contributed by atoms with Crippen molar-refractivity contribution in [1.82, 2.24) is 35.2 Å². The first-order valence-corrected chi connectivity index (χ1v) is 8.65. The highest BCUT2D eigenvalue weighted by Gasteiger charge is 2.17. The van der Waals surface area contributed by atoms with Gasteiger partial charge >= 0.3 is 0 Å². The van der Waals surface area contributed by atoms with Gasteiger partial charge in [-0.3, -0.25) is 4.98 Å². The SMILES string of the molecule is CC(C)(C)c1ccc(-c2[nH]c3nccnc3c2CCn2ncnn2)cc1. The van der Waals surface area contributed by atoms with Crippen LogP contribution in [0.5, 0.6) is 0 Å². The van der Waals surface area contributed by atoms with Gasteiger partial charge in [0.15, 0.2) is 12.0 Å². The lowest BCUT2D eigenvalue weighted by atomic mass is 9.86. The molecule has 0 amide bonds. The number of hydrogen-bond acceptors (Lipinski definition) is 5. The molecule has 132 valence electrons. The fraction of sp³-hybridized carbons (Fsp3) is 0.316. The Bertz CT molecular complexity index is 1010. The second kappa shape index (κ2) is 6.33.